The van der Waals surface area contributed by atoms with Crippen molar-refractivity contribution in [3.8, 4) is 23.0 Å². The molecule has 2 amide bonds. The van der Waals surface area contributed by atoms with E-state index < -0.39 is 0 Å². The first-order valence-corrected chi connectivity index (χ1v) is 8.55. The Morgan fingerprint density at radius 3 is 2.57 bits per heavy atom. The van der Waals surface area contributed by atoms with Crippen molar-refractivity contribution in [2.75, 3.05) is 32.6 Å². The second-order valence-electron chi connectivity index (χ2n) is 6.18. The van der Waals surface area contributed by atoms with E-state index in [0.717, 1.165) is 0 Å². The largest absolute Gasteiger partial charge is 0.497 e. The molecule has 3 heterocycles. The first kappa shape index (κ1) is 17.7. The monoisotopic (exact) mass is 382 g/mol. The maximum Gasteiger partial charge on any atom is 0.321 e. The second kappa shape index (κ2) is 7.51. The molecule has 144 valence electrons. The Labute approximate surface area is 160 Å². The van der Waals surface area contributed by atoms with Crippen LogP contribution >= 0.6 is 0 Å². The molecule has 0 saturated carbocycles. The zero-order valence-electron chi connectivity index (χ0n) is 15.3. The van der Waals surface area contributed by atoms with Crippen molar-refractivity contribution in [2.24, 2.45) is 0 Å². The molecule has 0 aliphatic carbocycles. The van der Waals surface area contributed by atoms with Crippen LogP contribution in [0.1, 0.15) is 11.8 Å². The van der Waals surface area contributed by atoms with Gasteiger partial charge in [0.15, 0.2) is 0 Å². The molecule has 1 saturated heterocycles. The number of hydrogen-bond donors (Lipinski definition) is 1. The van der Waals surface area contributed by atoms with Crippen LogP contribution in [0.5, 0.6) is 11.5 Å². The van der Waals surface area contributed by atoms with Crippen LogP contribution in [0.25, 0.3) is 11.5 Å². The highest BCUT2D eigenvalue weighted by Crippen LogP contribution is 2.29. The fraction of sp³-hybridized carbons (Fsp3) is 0.278. The Morgan fingerprint density at radius 1 is 1.18 bits per heavy atom. The summed E-state index contributed by atoms with van der Waals surface area (Å²) in [5, 5.41) is 6.77. The average molecular weight is 382 g/mol. The normalized spacial score (nSPS) is 13.7. The lowest BCUT2D eigenvalue weighted by Crippen LogP contribution is -2.50. The minimum Gasteiger partial charge on any atom is -0.497 e. The summed E-state index contributed by atoms with van der Waals surface area (Å²) in [5.41, 5.74) is 1.13. The number of carbonyl (C=O) groups excluding carboxylic acids is 1. The van der Waals surface area contributed by atoms with Crippen molar-refractivity contribution >= 4 is 11.7 Å². The summed E-state index contributed by atoms with van der Waals surface area (Å²) in [6.45, 7) is 0.962. The number of nitrogens with one attached hydrogen (secondary N) is 1. The molecule has 10 heteroatoms. The summed E-state index contributed by atoms with van der Waals surface area (Å²) in [4.78, 5) is 26.6. The predicted molar refractivity (Wildman–Crippen MR) is 98.2 cm³/mol. The molecule has 3 aromatic rings. The molecule has 1 N–H and O–H groups in total. The van der Waals surface area contributed by atoms with E-state index in [2.05, 4.69) is 25.4 Å². The van der Waals surface area contributed by atoms with Crippen LogP contribution in [-0.4, -0.2) is 58.3 Å². The Morgan fingerprint density at radius 2 is 1.93 bits per heavy atom. The van der Waals surface area contributed by atoms with Crippen LogP contribution < -0.4 is 14.8 Å². The molecule has 0 spiro atoms. The van der Waals surface area contributed by atoms with Crippen LogP contribution in [0.3, 0.4) is 0 Å². The maximum atomic E-state index is 12.4. The Bertz CT molecular complexity index is 949. The fourth-order valence-electron chi connectivity index (χ4n) is 2.80. The molecule has 0 atom stereocenters. The van der Waals surface area contributed by atoms with Crippen LogP contribution in [0.15, 0.2) is 41.3 Å². The molecule has 1 aliphatic heterocycles. The number of carbonyl (C=O) groups is 1. The van der Waals surface area contributed by atoms with E-state index in [-0.39, 0.29) is 11.9 Å². The van der Waals surface area contributed by atoms with Gasteiger partial charge in [-0.1, -0.05) is 5.16 Å². The minimum absolute atomic E-state index is 0.0106. The molecule has 0 bridgehead atoms. The van der Waals surface area contributed by atoms with Crippen LogP contribution in [-0.2, 0) is 0 Å². The number of amides is 2. The van der Waals surface area contributed by atoms with Crippen molar-refractivity contribution in [1.82, 2.24) is 25.0 Å². The van der Waals surface area contributed by atoms with E-state index in [4.69, 9.17) is 14.0 Å². The number of hydrogen-bond acceptors (Lipinski definition) is 8. The second-order valence-corrected chi connectivity index (χ2v) is 6.18. The van der Waals surface area contributed by atoms with E-state index in [1.807, 2.05) is 0 Å². The Hall–Kier alpha value is -3.69. The number of nitrogens with zero attached hydrogens (tertiary/aromatic N) is 5. The maximum absolute atomic E-state index is 12.4. The van der Waals surface area contributed by atoms with E-state index >= 15 is 0 Å². The van der Waals surface area contributed by atoms with E-state index in [0.29, 0.717) is 47.7 Å². The molecule has 10 nitrogen and oxygen atoms in total. The molecule has 1 aromatic carbocycles. The van der Waals surface area contributed by atoms with Crippen molar-refractivity contribution in [1.29, 1.82) is 0 Å². The van der Waals surface area contributed by atoms with Gasteiger partial charge in [-0.25, -0.2) is 9.78 Å². The molecule has 0 unspecified atom stereocenters. The van der Waals surface area contributed by atoms with Gasteiger partial charge >= 0.3 is 6.03 Å². The lowest BCUT2D eigenvalue weighted by molar-refractivity contribution is 0.147. The smallest absolute Gasteiger partial charge is 0.321 e. The standard InChI is InChI=1S/C18H18N6O4/c1-26-13-5-12(6-14(7-13)27-2)21-18(25)24-9-11(10-24)17-22-16(23-28-17)15-8-19-3-4-20-15/h3-8,11H,9-10H2,1-2H3,(H,21,25). The minimum atomic E-state index is -0.222. The van der Waals surface area contributed by atoms with Gasteiger partial charge < -0.3 is 24.2 Å². The van der Waals surface area contributed by atoms with Crippen molar-refractivity contribution < 1.29 is 18.8 Å². The highest BCUT2D eigenvalue weighted by Gasteiger charge is 2.36. The van der Waals surface area contributed by atoms with Gasteiger partial charge in [-0.05, 0) is 0 Å². The molecule has 28 heavy (non-hydrogen) atoms. The SMILES string of the molecule is COc1cc(NC(=O)N2CC(c3nc(-c4cnccn4)no3)C2)cc(OC)c1. The van der Waals surface area contributed by atoms with Gasteiger partial charge in [-0.15, -0.1) is 0 Å². The number of aromatic nitrogens is 4. The molecular formula is C18H18N6O4. The van der Waals surface area contributed by atoms with Crippen LogP contribution in [0.2, 0.25) is 0 Å². The molecule has 2 aromatic heterocycles. The number of rotatable bonds is 5. The average Bonchev–Trinajstić information content (AvgIpc) is 3.16. The third-order valence-corrected chi connectivity index (χ3v) is 4.35. The predicted octanol–water partition coefficient (Wildman–Crippen LogP) is 2.18. The number of anilines is 1. The molecule has 1 aliphatic rings. The van der Waals surface area contributed by atoms with Gasteiger partial charge in [0.2, 0.25) is 11.7 Å². The van der Waals surface area contributed by atoms with Crippen LogP contribution in [0.4, 0.5) is 10.5 Å². The van der Waals surface area contributed by atoms with Gasteiger partial charge in [-0.2, -0.15) is 4.98 Å². The van der Waals surface area contributed by atoms with Gasteiger partial charge in [0.25, 0.3) is 0 Å². The van der Waals surface area contributed by atoms with Crippen LogP contribution in [0, 0.1) is 0 Å². The molecule has 1 fully saturated rings. The van der Waals surface area contributed by atoms with Crippen molar-refractivity contribution in [3.05, 3.63) is 42.7 Å². The zero-order valence-corrected chi connectivity index (χ0v) is 15.3. The van der Waals surface area contributed by atoms with Gasteiger partial charge in [-0.3, -0.25) is 4.98 Å². The number of likely N-dealkylation sites (tertiary alicyclic amines) is 1. The highest BCUT2D eigenvalue weighted by molar-refractivity contribution is 5.90. The summed E-state index contributed by atoms with van der Waals surface area (Å²) in [7, 11) is 3.11. The summed E-state index contributed by atoms with van der Waals surface area (Å²) in [6, 6.07) is 4.96. The first-order chi connectivity index (χ1) is 13.7. The Balaban J connectivity index is 1.36. The summed E-state index contributed by atoms with van der Waals surface area (Å²) < 4.78 is 15.7. The number of benzene rings is 1. The third kappa shape index (κ3) is 3.56. The van der Waals surface area contributed by atoms with E-state index in [9.17, 15) is 4.79 Å². The van der Waals surface area contributed by atoms with E-state index in [1.165, 1.54) is 0 Å². The zero-order chi connectivity index (χ0) is 19.5. The quantitative estimate of drug-likeness (QED) is 0.714. The number of urea groups is 1. The molecular weight excluding hydrogens is 364 g/mol. The van der Waals surface area contributed by atoms with Crippen molar-refractivity contribution in [3.63, 3.8) is 0 Å². The number of methoxy groups -OCH3 is 2. The molecule has 0 radical (unpaired) electrons. The third-order valence-electron chi connectivity index (χ3n) is 4.35. The lowest BCUT2D eigenvalue weighted by atomic mass is 10.0. The topological polar surface area (TPSA) is 116 Å². The summed E-state index contributed by atoms with van der Waals surface area (Å²) in [6.07, 6.45) is 4.71. The summed E-state index contributed by atoms with van der Waals surface area (Å²) >= 11 is 0. The summed E-state index contributed by atoms with van der Waals surface area (Å²) in [5.74, 6) is 2.04. The molecule has 4 rings (SSSR count). The van der Waals surface area contributed by atoms with Gasteiger partial charge in [0.05, 0.1) is 26.3 Å². The fourth-order valence-corrected chi connectivity index (χ4v) is 2.80. The first-order valence-electron chi connectivity index (χ1n) is 8.55. The van der Waals surface area contributed by atoms with E-state index in [1.54, 1.807) is 55.9 Å². The van der Waals surface area contributed by atoms with Crippen molar-refractivity contribution in [2.45, 2.75) is 5.92 Å². The Kier molecular flexibility index (Phi) is 4.75. The van der Waals surface area contributed by atoms with Gasteiger partial charge in [0, 0.05) is 49.4 Å². The highest BCUT2D eigenvalue weighted by atomic mass is 16.5. The number of ether oxygens (including phenoxy) is 2. The lowest BCUT2D eigenvalue weighted by Gasteiger charge is -2.36. The van der Waals surface area contributed by atoms with Gasteiger partial charge in [0.1, 0.15) is 17.2 Å².